The van der Waals surface area contributed by atoms with Crippen molar-refractivity contribution in [3.05, 3.63) is 0 Å². The number of hydrogen-bond acceptors (Lipinski definition) is 29. The van der Waals surface area contributed by atoms with E-state index in [0.717, 1.165) is 4.90 Å². The smallest absolute Gasteiger partial charge is 0.395 e. The van der Waals surface area contributed by atoms with E-state index in [9.17, 15) is 98.7 Å². The lowest BCUT2D eigenvalue weighted by molar-refractivity contribution is -0.282. The monoisotopic (exact) mass is 1470 g/mol. The van der Waals surface area contributed by atoms with Gasteiger partial charge in [-0.2, -0.15) is 0 Å². The van der Waals surface area contributed by atoms with Gasteiger partial charge in [-0.05, 0) is 71.6 Å². The number of rotatable bonds is 55. The zero-order chi connectivity index (χ0) is 73.7. The molecule has 3 aliphatic rings. The second-order valence-corrected chi connectivity index (χ2v) is 28.3. The van der Waals surface area contributed by atoms with E-state index >= 15 is 0 Å². The van der Waals surface area contributed by atoms with E-state index in [0.29, 0.717) is 44.9 Å². The normalized spacial score (nSPS) is 26.9. The Labute approximate surface area is 579 Å². The second kappa shape index (κ2) is 48.9. The molecule has 0 radical (unpaired) electrons. The maximum atomic E-state index is 13.7. The quantitative estimate of drug-likeness (QED) is 0.0285. The number of hydrogen-bond donors (Lipinski definition) is 12. The maximum absolute atomic E-state index is 13.7. The molecule has 0 aromatic heterocycles. The van der Waals surface area contributed by atoms with Crippen molar-refractivity contribution in [1.29, 1.82) is 0 Å². The van der Waals surface area contributed by atoms with Crippen molar-refractivity contribution in [3.8, 4) is 0 Å². The number of ketones is 3. The number of aliphatic hydroxyl groups excluding tert-OH is 10. The number of carbonyl (C=O) groups excluding carboxylic acids is 6. The van der Waals surface area contributed by atoms with Crippen molar-refractivity contribution < 1.29 is 150 Å². The maximum Gasteiger partial charge on any atom is 0.472 e. The van der Waals surface area contributed by atoms with Crippen molar-refractivity contribution in [2.24, 2.45) is 17.8 Å². The predicted octanol–water partition coefficient (Wildman–Crippen LogP) is 0.161. The third-order valence-electron chi connectivity index (χ3n) is 17.2. The van der Waals surface area contributed by atoms with Crippen LogP contribution >= 0.6 is 15.6 Å². The first-order chi connectivity index (χ1) is 47.0. The van der Waals surface area contributed by atoms with Gasteiger partial charge in [-0.15, -0.1) is 0 Å². The minimum atomic E-state index is -4.86. The zero-order valence-corrected chi connectivity index (χ0v) is 59.8. The largest absolute Gasteiger partial charge is 0.472 e. The lowest BCUT2D eigenvalue weighted by Gasteiger charge is -2.40. The number of ether oxygens (including phenoxy) is 7. The summed E-state index contributed by atoms with van der Waals surface area (Å²) in [5.74, 6) is -3.37. The number of aliphatic hydroxyl groups is 10. The Kier molecular flexibility index (Phi) is 44.5. The number of amides is 3. The van der Waals surface area contributed by atoms with Gasteiger partial charge in [0.05, 0.1) is 104 Å². The predicted molar refractivity (Wildman–Crippen MR) is 348 cm³/mol. The summed E-state index contributed by atoms with van der Waals surface area (Å²) in [7, 11) is -9.71. The van der Waals surface area contributed by atoms with Crippen LogP contribution in [-0.2, 0) is 89.2 Å². The summed E-state index contributed by atoms with van der Waals surface area (Å²) >= 11 is 0. The van der Waals surface area contributed by atoms with Gasteiger partial charge in [-0.3, -0.25) is 46.9 Å². The minimum absolute atomic E-state index is 0.0144. The zero-order valence-electron chi connectivity index (χ0n) is 58.1. The molecule has 3 fully saturated rings. The summed E-state index contributed by atoms with van der Waals surface area (Å²) in [6.45, 7) is 3.63. The van der Waals surface area contributed by atoms with Crippen LogP contribution in [0.25, 0.3) is 0 Å². The fourth-order valence-electron chi connectivity index (χ4n) is 11.0. The van der Waals surface area contributed by atoms with E-state index in [2.05, 4.69) is 0 Å². The summed E-state index contributed by atoms with van der Waals surface area (Å²) in [6, 6.07) is 0. The first-order valence-corrected chi connectivity index (χ1v) is 37.6. The number of phosphoric ester groups is 2. The van der Waals surface area contributed by atoms with Crippen LogP contribution < -0.4 is 0 Å². The third-order valence-corrected chi connectivity index (χ3v) is 19.2. The average molecular weight is 1470 g/mol. The number of phosphoric acid groups is 2. The van der Waals surface area contributed by atoms with Gasteiger partial charge in [0, 0.05) is 115 Å². The Morgan fingerprint density at radius 3 is 0.889 bits per heavy atom. The topological polar surface area (TPSA) is 491 Å². The Bertz CT molecular complexity index is 2420. The van der Waals surface area contributed by atoms with Crippen LogP contribution in [0.2, 0.25) is 0 Å². The first-order valence-electron chi connectivity index (χ1n) is 34.6. The highest BCUT2D eigenvalue weighted by Crippen LogP contribution is 2.44. The highest BCUT2D eigenvalue weighted by atomic mass is 31.2. The highest BCUT2D eigenvalue weighted by molar-refractivity contribution is 7.47. The summed E-state index contributed by atoms with van der Waals surface area (Å²) in [6.07, 6.45) is -9.59. The molecule has 34 nitrogen and oxygen atoms in total. The molecule has 0 spiro atoms. The molecule has 12 N–H and O–H groups in total. The lowest BCUT2D eigenvalue weighted by atomic mass is 9.92. The van der Waals surface area contributed by atoms with E-state index in [-0.39, 0.29) is 166 Å². The standard InChI is InChI=1S/C63H115N3O31P2/c1-42(2)87-34-25-65(53(75)22-10-7-16-47(72)19-13-32-89-62-44(4)56(78)59(81)50(40-69)96-62)27-36-92-99(85,86)94-38-29-66(54(76)23-11-8-17-48(73)20-14-33-90-63-45(5)57(79)60(82)51(41-70)97-63)28-37-93-98(83,84)91-35-26-64(24-30-67)52(74)21-9-6-15-46(71)18-12-31-88-61-43(3)55(77)58(80)49(39-68)95-61/h42-45,49-51,55-63,67-70,77-82H,6-41H2,1-5H3,(H,83,84)(H,85,86)/t43?,44?,45?,49?,50?,51?,55-,56-,57-,58+,59+,60+,61-,62-,63-/m1/s1. The second-order valence-electron chi connectivity index (χ2n) is 25.4. The van der Waals surface area contributed by atoms with Gasteiger partial charge >= 0.3 is 15.6 Å². The van der Waals surface area contributed by atoms with E-state index in [4.69, 9.17) is 51.3 Å². The highest BCUT2D eigenvalue weighted by Gasteiger charge is 2.45. The molecule has 3 heterocycles. The van der Waals surface area contributed by atoms with Crippen LogP contribution in [0.3, 0.4) is 0 Å². The SMILES string of the molecule is CC(C)OCCN(CCOP(=O)(O)OCCN(CCOP(=O)(O)OCCN(CCO)C(=O)CCCCC(=O)CCCO[C@@H]1OC(CO)[C@H](O)[C@H](O)C1C)C(=O)CCCCC(=O)CCCO[C@@H]1OC(CO)[C@H](O)[C@H](O)C1C)C(=O)CCCCC(=O)CCCO[C@@H]1OC(CO)[C@H](O)[C@H](O)C1C. The van der Waals surface area contributed by atoms with Crippen LogP contribution in [-0.4, -0.2) is 309 Å². The van der Waals surface area contributed by atoms with E-state index in [1.54, 1.807) is 20.8 Å². The van der Waals surface area contributed by atoms with Gasteiger partial charge in [-0.25, -0.2) is 9.13 Å². The van der Waals surface area contributed by atoms with Crippen LogP contribution in [0.1, 0.15) is 150 Å². The molecule has 0 bridgehead atoms. The van der Waals surface area contributed by atoms with E-state index < -0.39 is 172 Å². The average Bonchev–Trinajstić information content (AvgIpc) is 0.834. The Balaban J connectivity index is 1.49. The molecule has 0 aliphatic carbocycles. The van der Waals surface area contributed by atoms with Crippen molar-refractivity contribution in [1.82, 2.24) is 14.7 Å². The summed E-state index contributed by atoms with van der Waals surface area (Å²) < 4.78 is 86.3. The molecule has 3 saturated heterocycles. The van der Waals surface area contributed by atoms with Gasteiger partial charge in [0.15, 0.2) is 18.9 Å². The molecule has 578 valence electrons. The number of Topliss-reactive ketones (excluding diaryl/α,β-unsaturated/α-hetero) is 3. The Morgan fingerprint density at radius 1 is 0.374 bits per heavy atom. The Hall–Kier alpha value is -3.04. The van der Waals surface area contributed by atoms with Gasteiger partial charge in [0.1, 0.15) is 54.0 Å². The lowest BCUT2D eigenvalue weighted by Crippen LogP contribution is -2.55. The van der Waals surface area contributed by atoms with Crippen LogP contribution in [0.4, 0.5) is 0 Å². The van der Waals surface area contributed by atoms with E-state index in [1.165, 1.54) is 9.80 Å². The molecule has 36 heteroatoms. The molecule has 3 aliphatic heterocycles. The third kappa shape index (κ3) is 34.6. The van der Waals surface area contributed by atoms with Crippen LogP contribution in [0.15, 0.2) is 0 Å². The Morgan fingerprint density at radius 2 is 0.626 bits per heavy atom. The van der Waals surface area contributed by atoms with Gasteiger partial charge < -0.3 is 109 Å². The number of nitrogens with zero attached hydrogens (tertiary/aromatic N) is 3. The minimum Gasteiger partial charge on any atom is -0.395 e. The molecular weight excluding hydrogens is 1360 g/mol. The molecular formula is C63H115N3O31P2. The van der Waals surface area contributed by atoms with Crippen molar-refractivity contribution in [3.63, 3.8) is 0 Å². The number of unbranched alkanes of at least 4 members (excludes halogenated alkanes) is 3. The molecule has 0 saturated carbocycles. The number of carbonyl (C=O) groups is 6. The molecule has 0 aromatic rings. The molecule has 17 atom stereocenters. The molecule has 8 unspecified atom stereocenters. The summed E-state index contributed by atoms with van der Waals surface area (Å²) in [5, 5.41) is 99.1. The van der Waals surface area contributed by atoms with Gasteiger partial charge in [0.2, 0.25) is 17.7 Å². The van der Waals surface area contributed by atoms with Crippen LogP contribution in [0, 0.1) is 17.8 Å². The molecule has 3 amide bonds. The molecule has 99 heavy (non-hydrogen) atoms. The summed E-state index contributed by atoms with van der Waals surface area (Å²) in [5.41, 5.74) is 0. The summed E-state index contributed by atoms with van der Waals surface area (Å²) in [4.78, 5) is 103. The van der Waals surface area contributed by atoms with Crippen molar-refractivity contribution in [2.75, 3.05) is 119 Å². The van der Waals surface area contributed by atoms with Crippen LogP contribution in [0.5, 0.6) is 0 Å². The van der Waals surface area contributed by atoms with Crippen molar-refractivity contribution in [2.45, 2.75) is 230 Å². The van der Waals surface area contributed by atoms with Crippen molar-refractivity contribution >= 4 is 50.7 Å². The van der Waals surface area contributed by atoms with E-state index in [1.807, 2.05) is 13.8 Å². The first kappa shape index (κ1) is 90.2. The fourth-order valence-corrected chi connectivity index (χ4v) is 12.4. The fraction of sp³-hybridized carbons (Fsp3) is 0.905. The molecule has 0 aromatic carbocycles. The molecule has 3 rings (SSSR count). The van der Waals surface area contributed by atoms with Gasteiger partial charge in [0.25, 0.3) is 0 Å². The van der Waals surface area contributed by atoms with Gasteiger partial charge in [-0.1, -0.05) is 20.8 Å².